The molecule has 0 bridgehead atoms. The highest BCUT2D eigenvalue weighted by molar-refractivity contribution is 9.10. The quantitative estimate of drug-likeness (QED) is 0.0325. The Bertz CT molecular complexity index is 2940. The number of rotatable bonds is 22. The van der Waals surface area contributed by atoms with E-state index in [0.29, 0.717) is 67.5 Å². The number of carbonyl (C=O) groups is 2. The topological polar surface area (TPSA) is 167 Å². The van der Waals surface area contributed by atoms with Crippen LogP contribution in [0.15, 0.2) is 94.1 Å². The molecule has 6 aromatic rings. The van der Waals surface area contributed by atoms with Crippen molar-refractivity contribution >= 4 is 77.1 Å². The zero-order valence-corrected chi connectivity index (χ0v) is 47.3. The number of unbranched alkanes of at least 4 members (excludes halogenated alkanes) is 2. The van der Waals surface area contributed by atoms with Crippen LogP contribution in [0.4, 0.5) is 33.9 Å². The Morgan fingerprint density at radius 2 is 1.46 bits per heavy atom. The van der Waals surface area contributed by atoms with Crippen LogP contribution < -0.4 is 25.6 Å². The van der Waals surface area contributed by atoms with Crippen LogP contribution in [0.2, 0.25) is 0 Å². The number of β-amino-alcohol motifs (C(OH)–C–C–N with tert-alkyl or cyclic N) is 1. The molecule has 1 atom stereocenters. The fourth-order valence-corrected chi connectivity index (χ4v) is 11.6. The Balaban J connectivity index is 0.623. The smallest absolute Gasteiger partial charge is 0.419 e. The molecule has 0 spiro atoms. The molecule has 5 N–H and O–H groups in total. The van der Waals surface area contributed by atoms with E-state index in [1.165, 1.54) is 23.0 Å². The number of hydrogen-bond acceptors (Lipinski definition) is 12. The van der Waals surface area contributed by atoms with Gasteiger partial charge in [0.2, 0.25) is 0 Å². The number of anilines is 2. The molecule has 3 fully saturated rings. The van der Waals surface area contributed by atoms with Crippen molar-refractivity contribution in [2.24, 2.45) is 5.92 Å². The Kier molecular flexibility index (Phi) is 20.1. The first-order valence-corrected chi connectivity index (χ1v) is 28.8. The molecule has 9 rings (SSSR count). The average molecular weight is 1220 g/mol. The highest BCUT2D eigenvalue weighted by Crippen LogP contribution is 2.35. The summed E-state index contributed by atoms with van der Waals surface area (Å²) in [5.74, 6) is -0.309. The van der Waals surface area contributed by atoms with Gasteiger partial charge in [-0.3, -0.25) is 14.6 Å². The molecule has 3 aliphatic heterocycles. The molecule has 0 radical (unpaired) electrons. The minimum Gasteiger partial charge on any atom is -0.489 e. The highest BCUT2D eigenvalue weighted by atomic mass is 79.9. The van der Waals surface area contributed by atoms with Crippen LogP contribution in [0.5, 0.6) is 5.75 Å². The SMILES string of the molecule is O=C(Nc1ccc(OCc2ccc(F)c(C(F)(F)F)c2)c(CNCCO)c1)c1cnc(N2CCC(CN3CCN(C(=O)NCCCCCN4CCN(CC(O)Cn5c6ccc(Br)cc6c6cc(Br)ccc65)CC4)CC3)CC2)cn1. The summed E-state index contributed by atoms with van der Waals surface area (Å²) in [7, 11) is 0. The van der Waals surface area contributed by atoms with Gasteiger partial charge < -0.3 is 50.2 Å². The number of aliphatic hydroxyl groups is 2. The van der Waals surface area contributed by atoms with Crippen LogP contribution in [0, 0.1) is 11.7 Å². The van der Waals surface area contributed by atoms with Gasteiger partial charge in [-0.15, -0.1) is 0 Å². The summed E-state index contributed by atoms with van der Waals surface area (Å²) in [5.41, 5.74) is 2.10. The van der Waals surface area contributed by atoms with Crippen LogP contribution in [0.25, 0.3) is 21.8 Å². The van der Waals surface area contributed by atoms with Crippen molar-refractivity contribution in [3.8, 4) is 5.75 Å². The van der Waals surface area contributed by atoms with Crippen LogP contribution in [0.1, 0.15) is 59.3 Å². The number of piperazine rings is 2. The summed E-state index contributed by atoms with van der Waals surface area (Å²) in [5, 5.41) is 31.9. The molecule has 79 heavy (non-hydrogen) atoms. The number of nitrogens with one attached hydrogen (secondary N) is 3. The molecule has 2 aromatic heterocycles. The average Bonchev–Trinajstić information content (AvgIpc) is 4.02. The number of fused-ring (bicyclic) bond motifs is 3. The fraction of sp³-hybridized carbons (Fsp3) is 0.474. The predicted molar refractivity (Wildman–Crippen MR) is 305 cm³/mol. The predicted octanol–water partition coefficient (Wildman–Crippen LogP) is 8.57. The summed E-state index contributed by atoms with van der Waals surface area (Å²) in [6.45, 7) is 12.6. The third-order valence-electron chi connectivity index (χ3n) is 15.2. The zero-order valence-electron chi connectivity index (χ0n) is 44.2. The number of carbonyl (C=O) groups excluding carboxylic acids is 2. The lowest BCUT2D eigenvalue weighted by atomic mass is 9.96. The number of aliphatic hydroxyl groups excluding tert-OH is 2. The van der Waals surface area contributed by atoms with Crippen molar-refractivity contribution in [3.05, 3.63) is 122 Å². The molecule has 0 saturated carbocycles. The van der Waals surface area contributed by atoms with Gasteiger partial charge in [0.25, 0.3) is 5.91 Å². The third kappa shape index (κ3) is 15.7. The van der Waals surface area contributed by atoms with E-state index in [1.807, 2.05) is 4.90 Å². The van der Waals surface area contributed by atoms with Gasteiger partial charge in [-0.25, -0.2) is 19.2 Å². The zero-order chi connectivity index (χ0) is 55.5. The summed E-state index contributed by atoms with van der Waals surface area (Å²) >= 11 is 7.25. The monoisotopic (exact) mass is 1220 g/mol. The molecular weight excluding hydrogens is 1150 g/mol. The lowest BCUT2D eigenvalue weighted by Gasteiger charge is -2.39. The van der Waals surface area contributed by atoms with Gasteiger partial charge in [0.15, 0.2) is 0 Å². The van der Waals surface area contributed by atoms with Gasteiger partial charge in [0, 0.05) is 140 Å². The summed E-state index contributed by atoms with van der Waals surface area (Å²) in [6.07, 6.45) is 2.79. The number of piperidine rings is 1. The second-order valence-electron chi connectivity index (χ2n) is 20.8. The molecule has 3 amide bonds. The van der Waals surface area contributed by atoms with Crippen molar-refractivity contribution in [1.29, 1.82) is 0 Å². The van der Waals surface area contributed by atoms with Crippen molar-refractivity contribution < 1.29 is 42.1 Å². The van der Waals surface area contributed by atoms with Gasteiger partial charge in [-0.2, -0.15) is 13.2 Å². The van der Waals surface area contributed by atoms with Crippen LogP contribution >= 0.6 is 31.9 Å². The molecule has 424 valence electrons. The van der Waals surface area contributed by atoms with E-state index in [2.05, 4.69) is 118 Å². The number of aromatic nitrogens is 3. The minimum absolute atomic E-state index is 0.0188. The van der Waals surface area contributed by atoms with Gasteiger partial charge >= 0.3 is 12.2 Å². The number of nitrogens with zero attached hydrogens (tertiary/aromatic N) is 8. The first-order valence-electron chi connectivity index (χ1n) is 27.2. The lowest BCUT2D eigenvalue weighted by Crippen LogP contribution is -2.53. The Labute approximate surface area is 474 Å². The number of hydrogen-bond donors (Lipinski definition) is 5. The number of halogens is 6. The maximum absolute atomic E-state index is 13.8. The molecule has 5 heterocycles. The second kappa shape index (κ2) is 27.3. The first-order chi connectivity index (χ1) is 38.2. The second-order valence-corrected chi connectivity index (χ2v) is 22.6. The van der Waals surface area contributed by atoms with Gasteiger partial charge in [-0.1, -0.05) is 44.3 Å². The van der Waals surface area contributed by atoms with E-state index < -0.39 is 29.6 Å². The van der Waals surface area contributed by atoms with E-state index in [1.54, 1.807) is 24.4 Å². The van der Waals surface area contributed by atoms with Crippen molar-refractivity contribution in [3.63, 3.8) is 0 Å². The van der Waals surface area contributed by atoms with Crippen LogP contribution in [-0.4, -0.2) is 167 Å². The first kappa shape index (κ1) is 58.2. The van der Waals surface area contributed by atoms with Gasteiger partial charge in [0.05, 0.1) is 37.2 Å². The Morgan fingerprint density at radius 1 is 0.759 bits per heavy atom. The maximum Gasteiger partial charge on any atom is 0.419 e. The minimum atomic E-state index is -4.85. The van der Waals surface area contributed by atoms with E-state index in [9.17, 15) is 37.4 Å². The van der Waals surface area contributed by atoms with E-state index >= 15 is 0 Å². The largest absolute Gasteiger partial charge is 0.489 e. The summed E-state index contributed by atoms with van der Waals surface area (Å²) < 4.78 is 63.8. The van der Waals surface area contributed by atoms with E-state index in [0.717, 1.165) is 124 Å². The van der Waals surface area contributed by atoms with E-state index in [-0.39, 0.29) is 43.6 Å². The number of benzene rings is 4. The van der Waals surface area contributed by atoms with Gasteiger partial charge in [-0.05, 0) is 110 Å². The van der Waals surface area contributed by atoms with Crippen molar-refractivity contribution in [2.45, 2.75) is 64.1 Å². The summed E-state index contributed by atoms with van der Waals surface area (Å²) in [6, 6.07) is 20.2. The number of amides is 3. The Hall–Kier alpha value is -5.46. The lowest BCUT2D eigenvalue weighted by molar-refractivity contribution is -0.140. The Morgan fingerprint density at radius 3 is 2.13 bits per heavy atom. The molecule has 4 aromatic carbocycles. The molecule has 3 saturated heterocycles. The van der Waals surface area contributed by atoms with E-state index in [4.69, 9.17) is 4.74 Å². The van der Waals surface area contributed by atoms with Crippen LogP contribution in [-0.2, 0) is 25.9 Å². The molecule has 1 unspecified atom stereocenters. The number of alkyl halides is 3. The molecular formula is C57H69Br2F4N11O5. The van der Waals surface area contributed by atoms with Crippen LogP contribution in [0.3, 0.4) is 0 Å². The highest BCUT2D eigenvalue weighted by Gasteiger charge is 2.34. The molecule has 16 nitrogen and oxygen atoms in total. The van der Waals surface area contributed by atoms with Crippen molar-refractivity contribution in [2.75, 3.05) is 115 Å². The number of urea groups is 1. The third-order valence-corrected chi connectivity index (χ3v) is 16.2. The maximum atomic E-state index is 13.8. The van der Waals surface area contributed by atoms with Gasteiger partial charge in [0.1, 0.15) is 29.7 Å². The standard InChI is InChI=1S/C57H69Br2F4N11O5/c58-42-5-9-51-46(30-42)47-31-43(59)6-10-52(47)74(51)37-45(76)36-71-21-19-69(20-22-71)16-3-1-2-14-65-56(78)73-25-23-70(24-26-73)35-39-12-17-72(18-13-39)54-34-66-50(33-67-54)55(77)68-44-7-11-53(41(29-44)32-64-15-27-75)79-38-40-4-8-49(60)48(28-40)57(61,62)63/h4-11,28-31,33-34,39,45,64,75-76H,1-3,12-27,32,35-38H2,(H,65,78)(H,68,77). The number of ether oxygens (including phenoxy) is 1. The summed E-state index contributed by atoms with van der Waals surface area (Å²) in [4.78, 5) is 46.8. The normalized spacial score (nSPS) is 16.7. The fourth-order valence-electron chi connectivity index (χ4n) is 10.9. The van der Waals surface area contributed by atoms with Crippen molar-refractivity contribution in [1.82, 2.24) is 44.8 Å². The molecule has 22 heteroatoms. The molecule has 0 aliphatic carbocycles. The molecule has 3 aliphatic rings.